The summed E-state index contributed by atoms with van der Waals surface area (Å²) in [4.78, 5) is 5.13. The summed E-state index contributed by atoms with van der Waals surface area (Å²) in [5.74, 6) is 1.52. The molecule has 3 aromatic carbocycles. The van der Waals surface area contributed by atoms with Crippen LogP contribution in [0.4, 0.5) is 0 Å². The molecule has 0 spiro atoms. The zero-order valence-electron chi connectivity index (χ0n) is 21.8. The highest BCUT2D eigenvalue weighted by atomic mass is 16.5. The van der Waals surface area contributed by atoms with Crippen LogP contribution in [0.15, 0.2) is 72.8 Å². The Morgan fingerprint density at radius 1 is 0.861 bits per heavy atom. The number of benzene rings is 3. The summed E-state index contributed by atoms with van der Waals surface area (Å²) in [6.45, 7) is 11.7. The Hall–Kier alpha value is -3.13. The molecule has 4 rings (SSSR count). The summed E-state index contributed by atoms with van der Waals surface area (Å²) in [5, 5.41) is 9.19. The van der Waals surface area contributed by atoms with E-state index >= 15 is 0 Å². The first kappa shape index (κ1) is 25.9. The molecule has 1 atom stereocenters. The molecule has 0 aromatic heterocycles. The van der Waals surface area contributed by atoms with Crippen molar-refractivity contribution < 1.29 is 4.74 Å². The Kier molecular flexibility index (Phi) is 9.55. The van der Waals surface area contributed by atoms with Crippen LogP contribution in [0.2, 0.25) is 0 Å². The van der Waals surface area contributed by atoms with Crippen molar-refractivity contribution in [3.05, 3.63) is 89.5 Å². The first-order valence-electron chi connectivity index (χ1n) is 13.4. The fourth-order valence-corrected chi connectivity index (χ4v) is 5.16. The van der Waals surface area contributed by atoms with Gasteiger partial charge in [-0.25, -0.2) is 0 Å². The second-order valence-corrected chi connectivity index (χ2v) is 9.86. The van der Waals surface area contributed by atoms with Crippen LogP contribution in [0.3, 0.4) is 0 Å². The standard InChI is InChI=1S/C32H39N3O/c1-3-27(30-14-15-31(25-33)26(2)23-30)12-8-16-34-17-19-35(20-18-34)21-22-36-32-13-7-11-29(24-32)28-9-5-4-6-10-28/h4-7,9-11,13-15,23-24,27H,3,8,12,16-22H2,1-2H3. The normalized spacial score (nSPS) is 15.4. The van der Waals surface area contributed by atoms with Crippen molar-refractivity contribution in [2.24, 2.45) is 0 Å². The number of aryl methyl sites for hydroxylation is 1. The van der Waals surface area contributed by atoms with Crippen LogP contribution in [0.1, 0.15) is 48.8 Å². The van der Waals surface area contributed by atoms with E-state index in [4.69, 9.17) is 4.74 Å². The highest BCUT2D eigenvalue weighted by Crippen LogP contribution is 2.27. The van der Waals surface area contributed by atoms with Gasteiger partial charge in [0.05, 0.1) is 11.6 Å². The lowest BCUT2D eigenvalue weighted by Crippen LogP contribution is -2.47. The smallest absolute Gasteiger partial charge is 0.119 e. The number of nitrogens with zero attached hydrogens (tertiary/aromatic N) is 3. The topological polar surface area (TPSA) is 39.5 Å². The van der Waals surface area contributed by atoms with Gasteiger partial charge in [0.2, 0.25) is 0 Å². The summed E-state index contributed by atoms with van der Waals surface area (Å²) in [6.07, 6.45) is 3.57. The van der Waals surface area contributed by atoms with E-state index in [1.54, 1.807) is 0 Å². The average Bonchev–Trinajstić information content (AvgIpc) is 2.92. The SMILES string of the molecule is CCC(CCCN1CCN(CCOc2cccc(-c3ccccc3)c2)CC1)c1ccc(C#N)c(C)c1. The van der Waals surface area contributed by atoms with Crippen molar-refractivity contribution in [2.45, 2.75) is 39.0 Å². The molecule has 0 N–H and O–H groups in total. The molecule has 0 bridgehead atoms. The third-order valence-electron chi connectivity index (χ3n) is 7.44. The van der Waals surface area contributed by atoms with E-state index in [0.717, 1.165) is 62.6 Å². The van der Waals surface area contributed by atoms with Crippen molar-refractivity contribution in [1.82, 2.24) is 9.80 Å². The van der Waals surface area contributed by atoms with Crippen LogP contribution >= 0.6 is 0 Å². The van der Waals surface area contributed by atoms with Crippen LogP contribution in [0, 0.1) is 18.3 Å². The Labute approximate surface area is 217 Å². The molecule has 1 fully saturated rings. The number of hydrogen-bond donors (Lipinski definition) is 0. The number of piperazine rings is 1. The molecule has 0 aliphatic carbocycles. The predicted octanol–water partition coefficient (Wildman–Crippen LogP) is 6.50. The molecule has 4 heteroatoms. The molecule has 1 aliphatic rings. The number of hydrogen-bond acceptors (Lipinski definition) is 4. The van der Waals surface area contributed by atoms with E-state index < -0.39 is 0 Å². The number of nitriles is 1. The van der Waals surface area contributed by atoms with Crippen molar-refractivity contribution >= 4 is 0 Å². The molecule has 36 heavy (non-hydrogen) atoms. The fraction of sp³-hybridized carbons (Fsp3) is 0.406. The molecule has 1 unspecified atom stereocenters. The van der Waals surface area contributed by atoms with E-state index in [9.17, 15) is 5.26 Å². The summed E-state index contributed by atoms with van der Waals surface area (Å²) in [6, 6.07) is 27.5. The molecule has 3 aromatic rings. The minimum atomic E-state index is 0.579. The monoisotopic (exact) mass is 481 g/mol. The van der Waals surface area contributed by atoms with Gasteiger partial charge in [-0.05, 0) is 79.1 Å². The Bertz CT molecular complexity index is 1130. The van der Waals surface area contributed by atoms with Crippen LogP contribution in [-0.2, 0) is 0 Å². The summed E-state index contributed by atoms with van der Waals surface area (Å²) in [7, 11) is 0. The van der Waals surface area contributed by atoms with E-state index in [-0.39, 0.29) is 0 Å². The second-order valence-electron chi connectivity index (χ2n) is 9.86. The Morgan fingerprint density at radius 3 is 2.28 bits per heavy atom. The predicted molar refractivity (Wildman–Crippen MR) is 148 cm³/mol. The summed E-state index contributed by atoms with van der Waals surface area (Å²) >= 11 is 0. The zero-order valence-corrected chi connectivity index (χ0v) is 21.8. The van der Waals surface area contributed by atoms with E-state index in [2.05, 4.69) is 77.4 Å². The van der Waals surface area contributed by atoms with Crippen molar-refractivity contribution in [2.75, 3.05) is 45.9 Å². The lowest BCUT2D eigenvalue weighted by molar-refractivity contribution is 0.115. The maximum Gasteiger partial charge on any atom is 0.119 e. The quantitative estimate of drug-likeness (QED) is 0.313. The second kappa shape index (κ2) is 13.3. The maximum absolute atomic E-state index is 9.19. The van der Waals surface area contributed by atoms with Gasteiger partial charge in [0.15, 0.2) is 0 Å². The van der Waals surface area contributed by atoms with E-state index in [0.29, 0.717) is 5.92 Å². The molecule has 1 saturated heterocycles. The fourth-order valence-electron chi connectivity index (χ4n) is 5.16. The van der Waals surface area contributed by atoms with Gasteiger partial charge in [-0.2, -0.15) is 5.26 Å². The van der Waals surface area contributed by atoms with Crippen molar-refractivity contribution in [3.8, 4) is 22.9 Å². The molecule has 1 aliphatic heterocycles. The molecule has 4 nitrogen and oxygen atoms in total. The Morgan fingerprint density at radius 2 is 1.58 bits per heavy atom. The Balaban J connectivity index is 1.15. The first-order chi connectivity index (χ1) is 17.7. The van der Waals surface area contributed by atoms with Crippen molar-refractivity contribution in [3.63, 3.8) is 0 Å². The molecular weight excluding hydrogens is 442 g/mol. The van der Waals surface area contributed by atoms with E-state index in [1.807, 2.05) is 25.1 Å². The van der Waals surface area contributed by atoms with Gasteiger partial charge in [-0.15, -0.1) is 0 Å². The minimum Gasteiger partial charge on any atom is -0.492 e. The van der Waals surface area contributed by atoms with Gasteiger partial charge < -0.3 is 9.64 Å². The van der Waals surface area contributed by atoms with Gasteiger partial charge in [-0.1, -0.05) is 61.5 Å². The van der Waals surface area contributed by atoms with Gasteiger partial charge in [0.1, 0.15) is 12.4 Å². The average molecular weight is 482 g/mol. The van der Waals surface area contributed by atoms with Gasteiger partial charge >= 0.3 is 0 Å². The molecule has 1 heterocycles. The summed E-state index contributed by atoms with van der Waals surface area (Å²) < 4.78 is 6.09. The number of ether oxygens (including phenoxy) is 1. The van der Waals surface area contributed by atoms with Crippen LogP contribution in [0.25, 0.3) is 11.1 Å². The third-order valence-corrected chi connectivity index (χ3v) is 7.44. The molecule has 0 radical (unpaired) electrons. The molecule has 0 amide bonds. The highest BCUT2D eigenvalue weighted by Gasteiger charge is 2.17. The molecule has 0 saturated carbocycles. The minimum absolute atomic E-state index is 0.579. The maximum atomic E-state index is 9.19. The zero-order chi connectivity index (χ0) is 25.2. The van der Waals surface area contributed by atoms with Crippen LogP contribution < -0.4 is 4.74 Å². The van der Waals surface area contributed by atoms with Gasteiger partial charge in [0, 0.05) is 32.7 Å². The van der Waals surface area contributed by atoms with Crippen LogP contribution in [-0.4, -0.2) is 55.7 Å². The first-order valence-corrected chi connectivity index (χ1v) is 13.4. The lowest BCUT2D eigenvalue weighted by Gasteiger charge is -2.34. The van der Waals surface area contributed by atoms with Crippen molar-refractivity contribution in [1.29, 1.82) is 5.26 Å². The lowest BCUT2D eigenvalue weighted by atomic mass is 9.90. The largest absolute Gasteiger partial charge is 0.492 e. The number of rotatable bonds is 11. The van der Waals surface area contributed by atoms with Gasteiger partial charge in [0.25, 0.3) is 0 Å². The van der Waals surface area contributed by atoms with Crippen LogP contribution in [0.5, 0.6) is 5.75 Å². The summed E-state index contributed by atoms with van der Waals surface area (Å²) in [5.41, 5.74) is 5.68. The van der Waals surface area contributed by atoms with E-state index in [1.165, 1.54) is 36.1 Å². The molecular formula is C32H39N3O. The highest BCUT2D eigenvalue weighted by molar-refractivity contribution is 5.64. The third kappa shape index (κ3) is 7.20. The molecule has 188 valence electrons. The van der Waals surface area contributed by atoms with Gasteiger partial charge in [-0.3, -0.25) is 4.90 Å².